The first-order valence-corrected chi connectivity index (χ1v) is 4.27. The number of carbonyl (C=O) groups excluding carboxylic acids is 1. The molecule has 1 amide bonds. The highest BCUT2D eigenvalue weighted by molar-refractivity contribution is 5.78. The number of carbonyl (C=O) groups is 1. The standard InChI is InChI=1S/C8H14F2N2O/c1-5(2)7(13)12-3-6(11)8(9,10)4-12/h5-6H,3-4,11H2,1-2H3. The lowest BCUT2D eigenvalue weighted by Crippen LogP contribution is -2.38. The highest BCUT2D eigenvalue weighted by Gasteiger charge is 2.47. The van der Waals surface area contributed by atoms with Gasteiger partial charge in [0.25, 0.3) is 5.92 Å². The number of likely N-dealkylation sites (tertiary alicyclic amines) is 1. The summed E-state index contributed by atoms with van der Waals surface area (Å²) in [5.41, 5.74) is 5.20. The zero-order chi connectivity index (χ0) is 10.2. The molecule has 0 aromatic heterocycles. The second-order valence-corrected chi connectivity index (χ2v) is 3.74. The lowest BCUT2D eigenvalue weighted by Gasteiger charge is -2.17. The maximum absolute atomic E-state index is 12.9. The molecule has 1 saturated heterocycles. The Morgan fingerprint density at radius 1 is 1.62 bits per heavy atom. The fraction of sp³-hybridized carbons (Fsp3) is 0.875. The molecule has 0 saturated carbocycles. The van der Waals surface area contributed by atoms with Crippen molar-refractivity contribution in [2.45, 2.75) is 25.8 Å². The van der Waals surface area contributed by atoms with Gasteiger partial charge in [0.2, 0.25) is 5.91 Å². The SMILES string of the molecule is CC(C)C(=O)N1CC(N)C(F)(F)C1. The van der Waals surface area contributed by atoms with E-state index in [1.165, 1.54) is 0 Å². The van der Waals surface area contributed by atoms with E-state index in [1.807, 2.05) is 0 Å². The van der Waals surface area contributed by atoms with E-state index in [9.17, 15) is 13.6 Å². The normalized spacial score (nSPS) is 26.9. The summed E-state index contributed by atoms with van der Waals surface area (Å²) in [5.74, 6) is -3.43. The van der Waals surface area contributed by atoms with Crippen molar-refractivity contribution in [3.8, 4) is 0 Å². The number of rotatable bonds is 1. The third-order valence-corrected chi connectivity index (χ3v) is 2.17. The molecule has 76 valence electrons. The first-order valence-electron chi connectivity index (χ1n) is 4.27. The van der Waals surface area contributed by atoms with Gasteiger partial charge in [-0.25, -0.2) is 8.78 Å². The number of nitrogens with zero attached hydrogens (tertiary/aromatic N) is 1. The molecule has 2 N–H and O–H groups in total. The van der Waals surface area contributed by atoms with Gasteiger partial charge in [-0.05, 0) is 0 Å². The largest absolute Gasteiger partial charge is 0.335 e. The van der Waals surface area contributed by atoms with Crippen molar-refractivity contribution in [2.24, 2.45) is 11.7 Å². The quantitative estimate of drug-likeness (QED) is 0.655. The van der Waals surface area contributed by atoms with Crippen LogP contribution >= 0.6 is 0 Å². The van der Waals surface area contributed by atoms with Crippen LogP contribution in [-0.4, -0.2) is 35.9 Å². The van der Waals surface area contributed by atoms with Crippen molar-refractivity contribution in [1.82, 2.24) is 4.90 Å². The third kappa shape index (κ3) is 1.96. The Kier molecular flexibility index (Phi) is 2.56. The van der Waals surface area contributed by atoms with E-state index in [4.69, 9.17) is 5.73 Å². The van der Waals surface area contributed by atoms with Gasteiger partial charge in [0.05, 0.1) is 12.6 Å². The highest BCUT2D eigenvalue weighted by atomic mass is 19.3. The Hall–Kier alpha value is -0.710. The third-order valence-electron chi connectivity index (χ3n) is 2.17. The predicted molar refractivity (Wildman–Crippen MR) is 44.3 cm³/mol. The van der Waals surface area contributed by atoms with Crippen molar-refractivity contribution in [2.75, 3.05) is 13.1 Å². The maximum Gasteiger partial charge on any atom is 0.281 e. The molecule has 1 heterocycles. The van der Waals surface area contributed by atoms with Crippen LogP contribution in [0.4, 0.5) is 8.78 Å². The fourth-order valence-electron chi connectivity index (χ4n) is 1.34. The summed E-state index contributed by atoms with van der Waals surface area (Å²) in [6.07, 6.45) is 0. The molecule has 0 spiro atoms. The minimum atomic E-state index is -2.93. The molecule has 1 aliphatic rings. The van der Waals surface area contributed by atoms with Crippen LogP contribution < -0.4 is 5.73 Å². The van der Waals surface area contributed by atoms with Gasteiger partial charge in [0, 0.05) is 12.5 Å². The van der Waals surface area contributed by atoms with Gasteiger partial charge in [0.1, 0.15) is 0 Å². The minimum Gasteiger partial charge on any atom is -0.335 e. The molecule has 1 atom stereocenters. The number of hydrogen-bond acceptors (Lipinski definition) is 2. The van der Waals surface area contributed by atoms with E-state index in [1.54, 1.807) is 13.8 Å². The summed E-state index contributed by atoms with van der Waals surface area (Å²) in [7, 11) is 0. The summed E-state index contributed by atoms with van der Waals surface area (Å²) in [4.78, 5) is 12.4. The van der Waals surface area contributed by atoms with Gasteiger partial charge in [-0.15, -0.1) is 0 Å². The van der Waals surface area contributed by atoms with E-state index in [2.05, 4.69) is 0 Å². The van der Waals surface area contributed by atoms with Crippen molar-refractivity contribution < 1.29 is 13.6 Å². The lowest BCUT2D eigenvalue weighted by atomic mass is 10.2. The fourth-order valence-corrected chi connectivity index (χ4v) is 1.34. The van der Waals surface area contributed by atoms with Crippen LogP contribution in [-0.2, 0) is 4.79 Å². The molecule has 1 aliphatic heterocycles. The summed E-state index contributed by atoms with van der Waals surface area (Å²) < 4.78 is 25.8. The molecule has 13 heavy (non-hydrogen) atoms. The van der Waals surface area contributed by atoms with Crippen molar-refractivity contribution >= 4 is 5.91 Å². The topological polar surface area (TPSA) is 46.3 Å². The number of alkyl halides is 2. The van der Waals surface area contributed by atoms with Crippen molar-refractivity contribution in [3.63, 3.8) is 0 Å². The molecule has 3 nitrogen and oxygen atoms in total. The van der Waals surface area contributed by atoms with Gasteiger partial charge < -0.3 is 10.6 Å². The lowest BCUT2D eigenvalue weighted by molar-refractivity contribution is -0.134. The average molecular weight is 192 g/mol. The Bertz CT molecular complexity index is 218. The highest BCUT2D eigenvalue weighted by Crippen LogP contribution is 2.26. The van der Waals surface area contributed by atoms with Crippen LogP contribution in [0.2, 0.25) is 0 Å². The van der Waals surface area contributed by atoms with Gasteiger partial charge in [0.15, 0.2) is 0 Å². The molecule has 0 aromatic carbocycles. The van der Waals surface area contributed by atoms with E-state index in [0.29, 0.717) is 0 Å². The number of amides is 1. The smallest absolute Gasteiger partial charge is 0.281 e. The van der Waals surface area contributed by atoms with Gasteiger partial charge >= 0.3 is 0 Å². The molecular formula is C8H14F2N2O. The molecule has 0 bridgehead atoms. The molecular weight excluding hydrogens is 178 g/mol. The Morgan fingerprint density at radius 3 is 2.46 bits per heavy atom. The summed E-state index contributed by atoms with van der Waals surface area (Å²) in [6, 6.07) is -1.21. The van der Waals surface area contributed by atoms with Crippen LogP contribution in [0, 0.1) is 5.92 Å². The first-order chi connectivity index (χ1) is 5.84. The van der Waals surface area contributed by atoms with Gasteiger partial charge in [-0.3, -0.25) is 4.79 Å². The van der Waals surface area contributed by atoms with Gasteiger partial charge in [-0.1, -0.05) is 13.8 Å². The molecule has 1 fully saturated rings. The zero-order valence-electron chi connectivity index (χ0n) is 7.76. The van der Waals surface area contributed by atoms with Crippen molar-refractivity contribution in [1.29, 1.82) is 0 Å². The number of halogens is 2. The molecule has 0 aliphatic carbocycles. The molecule has 0 aromatic rings. The van der Waals surface area contributed by atoms with Crippen LogP contribution in [0.5, 0.6) is 0 Å². The monoisotopic (exact) mass is 192 g/mol. The Morgan fingerprint density at radius 2 is 2.15 bits per heavy atom. The van der Waals surface area contributed by atoms with Crippen LogP contribution in [0.1, 0.15) is 13.8 Å². The zero-order valence-corrected chi connectivity index (χ0v) is 7.76. The van der Waals surface area contributed by atoms with Crippen LogP contribution in [0.15, 0.2) is 0 Å². The van der Waals surface area contributed by atoms with E-state index < -0.39 is 18.5 Å². The number of nitrogens with two attached hydrogens (primary N) is 1. The summed E-state index contributed by atoms with van der Waals surface area (Å²) >= 11 is 0. The molecule has 5 heteroatoms. The summed E-state index contributed by atoms with van der Waals surface area (Å²) in [6.45, 7) is 2.80. The van der Waals surface area contributed by atoms with Gasteiger partial charge in [-0.2, -0.15) is 0 Å². The van der Waals surface area contributed by atoms with Crippen LogP contribution in [0.3, 0.4) is 0 Å². The summed E-state index contributed by atoms with van der Waals surface area (Å²) in [5, 5.41) is 0. The first kappa shape index (κ1) is 10.4. The van der Waals surface area contributed by atoms with Crippen molar-refractivity contribution in [3.05, 3.63) is 0 Å². The number of hydrogen-bond donors (Lipinski definition) is 1. The Balaban J connectivity index is 2.64. The second kappa shape index (κ2) is 3.21. The average Bonchev–Trinajstić information content (AvgIpc) is 2.25. The molecule has 1 rings (SSSR count). The molecule has 1 unspecified atom stereocenters. The van der Waals surface area contributed by atoms with E-state index >= 15 is 0 Å². The predicted octanol–water partition coefficient (Wildman–Crippen LogP) is 0.447. The van der Waals surface area contributed by atoms with E-state index in [-0.39, 0.29) is 18.4 Å². The molecule has 0 radical (unpaired) electrons. The Labute approximate surface area is 75.9 Å². The maximum atomic E-state index is 12.9. The minimum absolute atomic E-state index is 0.0377. The van der Waals surface area contributed by atoms with Crippen LogP contribution in [0.25, 0.3) is 0 Å². The second-order valence-electron chi connectivity index (χ2n) is 3.74. The van der Waals surface area contributed by atoms with E-state index in [0.717, 1.165) is 4.90 Å².